The minimum atomic E-state index is -0.688. The van der Waals surface area contributed by atoms with Crippen LogP contribution in [0.4, 0.5) is 28.4 Å². The van der Waals surface area contributed by atoms with Gasteiger partial charge in [0.25, 0.3) is 0 Å². The smallest absolute Gasteiger partial charge is 0.0601 e. The number of fused-ring (bicyclic) bond motifs is 9. The van der Waals surface area contributed by atoms with Crippen molar-refractivity contribution in [3.8, 4) is 16.4 Å². The van der Waals surface area contributed by atoms with E-state index in [0.29, 0.717) is 5.92 Å². The molecule has 0 amide bonds. The molecule has 13 rings (SSSR count). The Morgan fingerprint density at radius 1 is 0.538 bits per heavy atom. The van der Waals surface area contributed by atoms with Crippen molar-refractivity contribution in [2.45, 2.75) is 47.3 Å². The average Bonchev–Trinajstić information content (AvgIpc) is 3.78. The van der Waals surface area contributed by atoms with Gasteiger partial charge in [0.1, 0.15) is 0 Å². The molecule has 312 valence electrons. The summed E-state index contributed by atoms with van der Waals surface area (Å²) in [6.45, 7) is 7.15. The molecule has 0 spiro atoms. The molecule has 2 atom stereocenters. The van der Waals surface area contributed by atoms with Gasteiger partial charge in [-0.25, -0.2) is 0 Å². The average molecular weight is 889 g/mol. The van der Waals surface area contributed by atoms with Crippen LogP contribution in [0.3, 0.4) is 0 Å². The van der Waals surface area contributed by atoms with Gasteiger partial charge >= 0.3 is 0 Å². The first-order chi connectivity index (χ1) is 31.9. The van der Waals surface area contributed by atoms with E-state index in [2.05, 4.69) is 231 Å². The molecule has 2 aliphatic heterocycles. The summed E-state index contributed by atoms with van der Waals surface area (Å²) in [6.07, 6.45) is 10.4. The predicted molar refractivity (Wildman–Crippen MR) is 282 cm³/mol. The van der Waals surface area contributed by atoms with Crippen LogP contribution in [-0.4, -0.2) is 0 Å². The lowest BCUT2D eigenvalue weighted by atomic mass is 9.81. The van der Waals surface area contributed by atoms with Gasteiger partial charge in [0.2, 0.25) is 0 Å². The second-order valence-electron chi connectivity index (χ2n) is 18.2. The van der Waals surface area contributed by atoms with E-state index in [1.54, 1.807) is 0 Å². The van der Waals surface area contributed by atoms with Crippen molar-refractivity contribution < 1.29 is 0 Å². The number of hydrogen-bond donors (Lipinski definition) is 0. The molecule has 0 saturated heterocycles. The summed E-state index contributed by atoms with van der Waals surface area (Å²) < 4.78 is 0. The summed E-state index contributed by atoms with van der Waals surface area (Å²) in [7, 11) is -0.688. The second-order valence-corrected chi connectivity index (χ2v) is 22.5. The summed E-state index contributed by atoms with van der Waals surface area (Å²) in [5.41, 5.74) is 15.2. The van der Waals surface area contributed by atoms with Crippen molar-refractivity contribution in [1.29, 1.82) is 0 Å². The van der Waals surface area contributed by atoms with Gasteiger partial charge in [-0.05, 0) is 147 Å². The number of hydrogen-bond acceptors (Lipinski definition) is 4. The van der Waals surface area contributed by atoms with Gasteiger partial charge in [-0.1, -0.05) is 167 Å². The van der Waals surface area contributed by atoms with E-state index in [1.165, 1.54) is 113 Å². The zero-order chi connectivity index (χ0) is 43.4. The van der Waals surface area contributed by atoms with Crippen LogP contribution in [0, 0.1) is 5.92 Å². The summed E-state index contributed by atoms with van der Waals surface area (Å²) in [5, 5.41) is 6.96. The van der Waals surface area contributed by atoms with Gasteiger partial charge in [-0.3, -0.25) is 0 Å². The van der Waals surface area contributed by atoms with E-state index in [-0.39, 0.29) is 5.41 Å². The maximum absolute atomic E-state index is 2.51. The molecule has 0 radical (unpaired) electrons. The topological polar surface area (TPSA) is 6.48 Å². The number of rotatable bonds is 5. The van der Waals surface area contributed by atoms with Crippen LogP contribution in [0.15, 0.2) is 213 Å². The molecule has 2 aliphatic carbocycles. The van der Waals surface area contributed by atoms with Gasteiger partial charge in [-0.15, -0.1) is 0 Å². The Bertz CT molecular complexity index is 3490. The van der Waals surface area contributed by atoms with Crippen molar-refractivity contribution in [2.24, 2.45) is 5.92 Å². The fraction of sp³-hybridized carbons (Fsp3) is 0.100. The molecule has 2 nitrogen and oxygen atoms in total. The molecule has 2 unspecified atom stereocenters. The highest BCUT2D eigenvalue weighted by Gasteiger charge is 2.37. The van der Waals surface area contributed by atoms with E-state index in [9.17, 15) is 0 Å². The first-order valence-electron chi connectivity index (χ1n) is 22.6. The molecule has 9 aromatic rings. The van der Waals surface area contributed by atoms with Crippen LogP contribution < -0.4 is 9.80 Å². The highest BCUT2D eigenvalue weighted by atomic mass is 32.2. The quantitative estimate of drug-likeness (QED) is 0.159. The third-order valence-corrected chi connectivity index (χ3v) is 19.0. The molecule has 0 bridgehead atoms. The van der Waals surface area contributed by atoms with Crippen LogP contribution in [0.25, 0.3) is 49.6 Å². The van der Waals surface area contributed by atoms with Crippen molar-refractivity contribution in [2.75, 3.05) is 9.80 Å². The molecular weight excluding hydrogens is 844 g/mol. The predicted octanol–water partition coefficient (Wildman–Crippen LogP) is 18.4. The maximum Gasteiger partial charge on any atom is 0.0601 e. The van der Waals surface area contributed by atoms with Crippen LogP contribution in [0.2, 0.25) is 0 Å². The number of nitrogens with zero attached hydrogens (tertiary/aromatic N) is 2. The lowest BCUT2D eigenvalue weighted by Crippen LogP contribution is -2.23. The van der Waals surface area contributed by atoms with E-state index in [4.69, 9.17) is 0 Å². The van der Waals surface area contributed by atoms with E-state index < -0.39 is 7.53 Å². The lowest BCUT2D eigenvalue weighted by molar-refractivity contribution is 0.660. The summed E-state index contributed by atoms with van der Waals surface area (Å²) in [4.78, 5) is 10.3. The third kappa shape index (κ3) is 6.19. The SMILES string of the molecule is CC1CC=CC2=C1Sc1ccccc1N2c1ccc2c(c1)c1cc(C=Cc3ccc4c(c3)C(C)(C)c3cc(N5c6ccccc6Sc6ccccc65)ccc3-4)ccc1p2-c1ccccc1. The maximum atomic E-state index is 2.51. The number of allylic oxidation sites excluding steroid dienone is 3. The molecule has 0 N–H and O–H groups in total. The highest BCUT2D eigenvalue weighted by Crippen LogP contribution is 2.58. The van der Waals surface area contributed by atoms with E-state index in [0.717, 1.165) is 6.42 Å². The zero-order valence-electron chi connectivity index (χ0n) is 36.5. The Hall–Kier alpha value is -6.42. The summed E-state index contributed by atoms with van der Waals surface area (Å²) in [5.74, 6) is 0.493. The molecule has 5 heteroatoms. The summed E-state index contributed by atoms with van der Waals surface area (Å²) in [6, 6.07) is 66.2. The Labute approximate surface area is 390 Å². The largest absolute Gasteiger partial charge is 0.309 e. The molecule has 4 aliphatic rings. The number of para-hydroxylation sites is 3. The van der Waals surface area contributed by atoms with Gasteiger partial charge < -0.3 is 9.80 Å². The molecule has 0 saturated carbocycles. The lowest BCUT2D eigenvalue weighted by Gasteiger charge is -2.37. The standard InChI is InChI=1S/C60H45N2PS2/c1-38-14-13-20-53-59(38)65-58-23-12-9-19-52(58)62(53)41-29-33-55-47(36-41)46-34-39(27-32-54(46)63(55)43-15-5-4-6-16-43)24-25-40-26-30-44-45-31-28-42(37-49(45)60(2,3)48(44)35-40)61-50-17-7-10-21-56(50)64-57-22-11-8-18-51(57)61/h4-13,15-38H,14H2,1-3H3. The van der Waals surface area contributed by atoms with Crippen molar-refractivity contribution in [1.82, 2.24) is 0 Å². The monoisotopic (exact) mass is 888 g/mol. The fourth-order valence-electron chi connectivity index (χ4n) is 10.7. The van der Waals surface area contributed by atoms with Crippen molar-refractivity contribution in [3.63, 3.8) is 0 Å². The number of benzene rings is 8. The molecule has 0 fully saturated rings. The normalized spacial score (nSPS) is 17.0. The Balaban J connectivity index is 0.876. The van der Waals surface area contributed by atoms with E-state index >= 15 is 0 Å². The van der Waals surface area contributed by atoms with Crippen LogP contribution in [-0.2, 0) is 5.41 Å². The van der Waals surface area contributed by atoms with Crippen LogP contribution >= 0.6 is 31.1 Å². The molecule has 1 aromatic heterocycles. The van der Waals surface area contributed by atoms with Gasteiger partial charge in [-0.2, -0.15) is 0 Å². The van der Waals surface area contributed by atoms with E-state index in [1.807, 2.05) is 23.5 Å². The zero-order valence-corrected chi connectivity index (χ0v) is 39.0. The molecular formula is C60H45N2PS2. The van der Waals surface area contributed by atoms with Gasteiger partial charge in [0, 0.05) is 46.6 Å². The molecule has 8 aromatic carbocycles. The Kier molecular flexibility index (Phi) is 9.04. The van der Waals surface area contributed by atoms with Crippen molar-refractivity contribution in [3.05, 3.63) is 221 Å². The first kappa shape index (κ1) is 39.0. The van der Waals surface area contributed by atoms with Crippen molar-refractivity contribution >= 4 is 92.7 Å². The number of anilines is 5. The Morgan fingerprint density at radius 3 is 1.80 bits per heavy atom. The fourth-order valence-corrected chi connectivity index (χ4v) is 15.6. The summed E-state index contributed by atoms with van der Waals surface area (Å²) >= 11 is 3.81. The minimum absolute atomic E-state index is 0.159. The van der Waals surface area contributed by atoms with Gasteiger partial charge in [0.15, 0.2) is 0 Å². The third-order valence-electron chi connectivity index (χ3n) is 13.9. The molecule has 65 heavy (non-hydrogen) atoms. The first-order valence-corrected chi connectivity index (χ1v) is 25.6. The Morgan fingerprint density at radius 2 is 1.08 bits per heavy atom. The second kappa shape index (κ2) is 15.1. The minimum Gasteiger partial charge on any atom is -0.309 e. The highest BCUT2D eigenvalue weighted by molar-refractivity contribution is 8.03. The number of thioether (sulfide) groups is 1. The molecule has 3 heterocycles. The van der Waals surface area contributed by atoms with Crippen LogP contribution in [0.1, 0.15) is 49.4 Å². The van der Waals surface area contributed by atoms with Gasteiger partial charge in [0.05, 0.1) is 22.8 Å². The van der Waals surface area contributed by atoms with Crippen LogP contribution in [0.5, 0.6) is 0 Å².